The molecule has 1 amide bonds. The topological polar surface area (TPSA) is 132 Å². The molecule has 1 aromatic heterocycles. The van der Waals surface area contributed by atoms with Gasteiger partial charge in [-0.3, -0.25) is 19.9 Å². The second-order valence-electron chi connectivity index (χ2n) is 5.80. The first-order valence-electron chi connectivity index (χ1n) is 7.59. The first-order chi connectivity index (χ1) is 12.2. The molecule has 0 unspecified atom stereocenters. The smallest absolute Gasteiger partial charge is 0.280 e. The number of nitrogens with zero attached hydrogens (tertiary/aromatic N) is 4. The fraction of sp³-hybridized carbons (Fsp3) is 0.250. The zero-order chi connectivity index (χ0) is 19.6. The van der Waals surface area contributed by atoms with Crippen LogP contribution in [-0.4, -0.2) is 33.7 Å². The van der Waals surface area contributed by atoms with E-state index in [1.54, 1.807) is 0 Å². The first-order valence-corrected chi connectivity index (χ1v) is 7.97. The Hall–Kier alpha value is -2.91. The SMILES string of the molecule is Cc1ccc(C)c(-c2c(Cl)c(C(=O)N/C(=N/N)N(C)N)nn(C)c2=O)c1. The van der Waals surface area contributed by atoms with Gasteiger partial charge in [0.1, 0.15) is 0 Å². The number of nitrogens with two attached hydrogens (primary N) is 2. The third-order valence-electron chi connectivity index (χ3n) is 3.74. The molecule has 0 bridgehead atoms. The molecule has 2 rings (SSSR count). The highest BCUT2D eigenvalue weighted by atomic mass is 35.5. The van der Waals surface area contributed by atoms with Gasteiger partial charge in [0.25, 0.3) is 11.5 Å². The Morgan fingerprint density at radius 2 is 2.04 bits per heavy atom. The molecule has 0 spiro atoms. The van der Waals surface area contributed by atoms with E-state index in [9.17, 15) is 9.59 Å². The van der Waals surface area contributed by atoms with E-state index in [0.29, 0.717) is 5.56 Å². The maximum absolute atomic E-state index is 12.6. The Bertz CT molecular complexity index is 950. The molecule has 0 aliphatic rings. The van der Waals surface area contributed by atoms with E-state index in [0.717, 1.165) is 20.8 Å². The summed E-state index contributed by atoms with van der Waals surface area (Å²) in [6.07, 6.45) is 0. The van der Waals surface area contributed by atoms with Crippen LogP contribution in [0.1, 0.15) is 21.6 Å². The monoisotopic (exact) mass is 377 g/mol. The molecule has 26 heavy (non-hydrogen) atoms. The molecule has 5 N–H and O–H groups in total. The summed E-state index contributed by atoms with van der Waals surface area (Å²) in [6.45, 7) is 3.75. The Morgan fingerprint density at radius 3 is 2.62 bits per heavy atom. The van der Waals surface area contributed by atoms with Gasteiger partial charge in [-0.15, -0.1) is 5.10 Å². The molecule has 0 radical (unpaired) electrons. The lowest BCUT2D eigenvalue weighted by Gasteiger charge is -2.16. The van der Waals surface area contributed by atoms with Crippen molar-refractivity contribution in [1.29, 1.82) is 0 Å². The van der Waals surface area contributed by atoms with E-state index in [-0.39, 0.29) is 22.2 Å². The van der Waals surface area contributed by atoms with Crippen molar-refractivity contribution in [3.8, 4) is 11.1 Å². The molecular weight excluding hydrogens is 358 g/mol. The number of amides is 1. The van der Waals surface area contributed by atoms with Crippen LogP contribution < -0.4 is 22.6 Å². The summed E-state index contributed by atoms with van der Waals surface area (Å²) in [7, 11) is 2.89. The lowest BCUT2D eigenvalue weighted by molar-refractivity contribution is 0.0965. The van der Waals surface area contributed by atoms with Gasteiger partial charge in [-0.25, -0.2) is 10.5 Å². The van der Waals surface area contributed by atoms with Crippen LogP contribution in [0.4, 0.5) is 0 Å². The van der Waals surface area contributed by atoms with Gasteiger partial charge < -0.3 is 5.84 Å². The van der Waals surface area contributed by atoms with Crippen LogP contribution in [0.3, 0.4) is 0 Å². The summed E-state index contributed by atoms with van der Waals surface area (Å²) in [5.41, 5.74) is 2.07. The van der Waals surface area contributed by atoms with E-state index in [4.69, 9.17) is 23.3 Å². The Kier molecular flexibility index (Phi) is 5.63. The van der Waals surface area contributed by atoms with Gasteiger partial charge >= 0.3 is 0 Å². The lowest BCUT2D eigenvalue weighted by Crippen LogP contribution is -2.46. The first kappa shape index (κ1) is 19.4. The molecular formula is C16H20ClN7O2. The van der Waals surface area contributed by atoms with Crippen LogP contribution in [0.2, 0.25) is 5.02 Å². The molecule has 0 saturated heterocycles. The standard InChI is InChI=1S/C16H20ClN7O2/c1-8-5-6-9(2)10(7-8)11-12(17)13(22-24(4)15(11)26)14(25)20-16(21-18)23(3)19/h5-7H,18-19H2,1-4H3,(H,20,21,25). The predicted octanol–water partition coefficient (Wildman–Crippen LogP) is 0.483. The number of rotatable bonds is 2. The molecule has 2 aromatic rings. The number of aryl methyl sites for hydroxylation is 3. The van der Waals surface area contributed by atoms with Gasteiger partial charge in [0.2, 0.25) is 5.96 Å². The number of halogens is 1. The van der Waals surface area contributed by atoms with Crippen molar-refractivity contribution >= 4 is 23.5 Å². The number of carbonyl (C=O) groups excluding carboxylic acids is 1. The van der Waals surface area contributed by atoms with Crippen molar-refractivity contribution in [2.45, 2.75) is 13.8 Å². The number of nitrogens with one attached hydrogen (secondary N) is 1. The maximum Gasteiger partial charge on any atom is 0.280 e. The zero-order valence-corrected chi connectivity index (χ0v) is 15.6. The normalized spacial score (nSPS) is 11.4. The fourth-order valence-corrected chi connectivity index (χ4v) is 2.68. The van der Waals surface area contributed by atoms with Crippen LogP contribution >= 0.6 is 11.6 Å². The number of hydrazine groups is 1. The molecule has 1 aromatic carbocycles. The van der Waals surface area contributed by atoms with Crippen LogP contribution in [0.5, 0.6) is 0 Å². The number of hydrogen-bond donors (Lipinski definition) is 3. The molecule has 0 fully saturated rings. The summed E-state index contributed by atoms with van der Waals surface area (Å²) in [5, 5.41) is 10.7. The third-order valence-corrected chi connectivity index (χ3v) is 4.11. The molecule has 0 aliphatic heterocycles. The molecule has 0 saturated carbocycles. The van der Waals surface area contributed by atoms with Crippen molar-refractivity contribution in [3.05, 3.63) is 50.4 Å². The summed E-state index contributed by atoms with van der Waals surface area (Å²) < 4.78 is 1.06. The largest absolute Gasteiger partial charge is 0.320 e. The third kappa shape index (κ3) is 3.68. The van der Waals surface area contributed by atoms with Gasteiger partial charge in [-0.1, -0.05) is 35.4 Å². The minimum atomic E-state index is -0.696. The number of hydrogen-bond acceptors (Lipinski definition) is 6. The Labute approximate surface area is 155 Å². The number of carbonyl (C=O) groups is 1. The molecule has 0 aliphatic carbocycles. The summed E-state index contributed by atoms with van der Waals surface area (Å²) in [5.74, 6) is 9.93. The average Bonchev–Trinajstić information content (AvgIpc) is 2.58. The summed E-state index contributed by atoms with van der Waals surface area (Å²) >= 11 is 6.39. The van der Waals surface area contributed by atoms with Crippen molar-refractivity contribution in [3.63, 3.8) is 0 Å². The Balaban J connectivity index is 2.65. The van der Waals surface area contributed by atoms with E-state index in [1.165, 1.54) is 14.1 Å². The number of hydrazone groups is 1. The van der Waals surface area contributed by atoms with Crippen LogP contribution in [0, 0.1) is 13.8 Å². The van der Waals surface area contributed by atoms with E-state index in [1.807, 2.05) is 32.0 Å². The van der Waals surface area contributed by atoms with E-state index >= 15 is 0 Å². The van der Waals surface area contributed by atoms with Crippen LogP contribution in [-0.2, 0) is 7.05 Å². The van der Waals surface area contributed by atoms with Crippen molar-refractivity contribution in [2.24, 2.45) is 23.8 Å². The van der Waals surface area contributed by atoms with Crippen molar-refractivity contribution in [1.82, 2.24) is 20.1 Å². The molecule has 0 atom stereocenters. The minimum absolute atomic E-state index is 0.0599. The summed E-state index contributed by atoms with van der Waals surface area (Å²) in [6, 6.07) is 5.64. The van der Waals surface area contributed by atoms with Gasteiger partial charge in [-0.2, -0.15) is 5.10 Å². The fourth-order valence-electron chi connectivity index (χ4n) is 2.37. The van der Waals surface area contributed by atoms with Gasteiger partial charge in [0, 0.05) is 14.1 Å². The molecule has 9 nitrogen and oxygen atoms in total. The van der Waals surface area contributed by atoms with Gasteiger partial charge in [0.05, 0.1) is 10.6 Å². The highest BCUT2D eigenvalue weighted by Gasteiger charge is 2.23. The minimum Gasteiger partial charge on any atom is -0.320 e. The molecule has 1 heterocycles. The zero-order valence-electron chi connectivity index (χ0n) is 14.9. The van der Waals surface area contributed by atoms with Crippen LogP contribution in [0.25, 0.3) is 11.1 Å². The van der Waals surface area contributed by atoms with Gasteiger partial charge in [0.15, 0.2) is 5.69 Å². The van der Waals surface area contributed by atoms with Crippen LogP contribution in [0.15, 0.2) is 28.1 Å². The predicted molar refractivity (Wildman–Crippen MR) is 100 cm³/mol. The maximum atomic E-state index is 12.6. The second kappa shape index (κ2) is 7.54. The van der Waals surface area contributed by atoms with Crippen molar-refractivity contribution < 1.29 is 4.79 Å². The number of aromatic nitrogens is 2. The van der Waals surface area contributed by atoms with Crippen molar-refractivity contribution in [2.75, 3.05) is 7.05 Å². The number of benzene rings is 1. The number of guanidine groups is 1. The van der Waals surface area contributed by atoms with E-state index < -0.39 is 11.5 Å². The highest BCUT2D eigenvalue weighted by molar-refractivity contribution is 6.36. The average molecular weight is 378 g/mol. The summed E-state index contributed by atoms with van der Waals surface area (Å²) in [4.78, 5) is 25.2. The quantitative estimate of drug-likeness (QED) is 0.302. The Morgan fingerprint density at radius 1 is 1.38 bits per heavy atom. The molecule has 10 heteroatoms. The van der Waals surface area contributed by atoms with Gasteiger partial charge in [-0.05, 0) is 25.0 Å². The second-order valence-corrected chi connectivity index (χ2v) is 6.18. The van der Waals surface area contributed by atoms with E-state index in [2.05, 4.69) is 15.5 Å². The highest BCUT2D eigenvalue weighted by Crippen LogP contribution is 2.29. The molecule has 138 valence electrons. The lowest BCUT2D eigenvalue weighted by atomic mass is 9.99.